The maximum atomic E-state index is 12.2. The summed E-state index contributed by atoms with van der Waals surface area (Å²) < 4.78 is 6.89. The Bertz CT molecular complexity index is 812. The molecule has 0 bridgehead atoms. The number of aromatic nitrogens is 2. The third-order valence-electron chi connectivity index (χ3n) is 4.81. The fourth-order valence-corrected chi connectivity index (χ4v) is 3.48. The van der Waals surface area contributed by atoms with Crippen LogP contribution in [0.2, 0.25) is 0 Å². The zero-order chi connectivity index (χ0) is 20.5. The Morgan fingerprint density at radius 1 is 1.37 bits per heavy atom. The van der Waals surface area contributed by atoms with Crippen molar-refractivity contribution in [3.05, 3.63) is 48.3 Å². The van der Waals surface area contributed by atoms with Crippen LogP contribution in [0, 0.1) is 5.92 Å². The van der Waals surface area contributed by atoms with Gasteiger partial charge >= 0.3 is 0 Å². The molecule has 0 radical (unpaired) electrons. The number of anilines is 1. The van der Waals surface area contributed by atoms with Gasteiger partial charge in [-0.3, -0.25) is 9.48 Å². The van der Waals surface area contributed by atoms with Crippen molar-refractivity contribution in [1.29, 1.82) is 0 Å². The number of amides is 1. The number of aliphatic imine (C=N–C) groups is 1. The van der Waals surface area contributed by atoms with Crippen LogP contribution >= 0.6 is 24.0 Å². The zero-order valence-corrected chi connectivity index (χ0v) is 19.9. The minimum absolute atomic E-state index is 0. The maximum absolute atomic E-state index is 12.2. The smallest absolute Gasteiger partial charge is 0.246 e. The van der Waals surface area contributed by atoms with E-state index in [4.69, 9.17) is 9.73 Å². The predicted molar refractivity (Wildman–Crippen MR) is 129 cm³/mol. The molecule has 164 valence electrons. The molecule has 0 aliphatic carbocycles. The summed E-state index contributed by atoms with van der Waals surface area (Å²) in [6.07, 6.45) is 4.55. The monoisotopic (exact) mass is 526 g/mol. The summed E-state index contributed by atoms with van der Waals surface area (Å²) in [7, 11) is 1.75. The highest BCUT2D eigenvalue weighted by Gasteiger charge is 2.24. The van der Waals surface area contributed by atoms with Gasteiger partial charge in [0, 0.05) is 50.7 Å². The van der Waals surface area contributed by atoms with Crippen molar-refractivity contribution in [2.75, 3.05) is 38.7 Å². The van der Waals surface area contributed by atoms with E-state index in [2.05, 4.69) is 27.6 Å². The van der Waals surface area contributed by atoms with Crippen molar-refractivity contribution >= 4 is 41.5 Å². The van der Waals surface area contributed by atoms with E-state index in [1.165, 1.54) is 0 Å². The lowest BCUT2D eigenvalue weighted by Crippen LogP contribution is -2.40. The molecular weight excluding hydrogens is 495 g/mol. The van der Waals surface area contributed by atoms with E-state index in [0.29, 0.717) is 12.5 Å². The molecular formula is C21H31IN6O2. The van der Waals surface area contributed by atoms with E-state index in [1.54, 1.807) is 30.3 Å². The predicted octanol–water partition coefficient (Wildman–Crippen LogP) is 2.57. The highest BCUT2D eigenvalue weighted by atomic mass is 127. The molecule has 30 heavy (non-hydrogen) atoms. The number of likely N-dealkylation sites (tertiary alicyclic amines) is 1. The average molecular weight is 526 g/mol. The van der Waals surface area contributed by atoms with E-state index in [1.807, 2.05) is 24.3 Å². The summed E-state index contributed by atoms with van der Waals surface area (Å²) in [5, 5.41) is 10.4. The molecule has 1 fully saturated rings. The molecule has 2 aromatic rings. The Kier molecular flexibility index (Phi) is 10.1. The lowest BCUT2D eigenvalue weighted by Gasteiger charge is -2.21. The van der Waals surface area contributed by atoms with Gasteiger partial charge in [0.25, 0.3) is 0 Å². The van der Waals surface area contributed by atoms with Crippen molar-refractivity contribution in [3.8, 4) is 0 Å². The number of hydrogen-bond acceptors (Lipinski definition) is 4. The molecule has 1 aromatic carbocycles. The molecule has 0 spiro atoms. The van der Waals surface area contributed by atoms with Gasteiger partial charge in [0.05, 0.1) is 13.2 Å². The standard InChI is InChI=1S/C21H30N6O2.HI/c1-3-22-21(26-11-8-18(14-26)16-29-2)23-13-17-6-4-7-19(12-17)25-20(28)15-27-10-5-9-24-27;/h4-7,9-10,12,18H,3,8,11,13-16H2,1-2H3,(H,22,23)(H,25,28);1H. The Hall–Kier alpha value is -2.14. The van der Waals surface area contributed by atoms with E-state index in [9.17, 15) is 4.79 Å². The molecule has 1 aromatic heterocycles. The van der Waals surface area contributed by atoms with Gasteiger partial charge < -0.3 is 20.3 Å². The van der Waals surface area contributed by atoms with Crippen molar-refractivity contribution in [1.82, 2.24) is 20.0 Å². The number of nitrogens with one attached hydrogen (secondary N) is 2. The van der Waals surface area contributed by atoms with Crippen LogP contribution < -0.4 is 10.6 Å². The second-order valence-corrected chi connectivity index (χ2v) is 7.18. The van der Waals surface area contributed by atoms with Crippen LogP contribution in [0.3, 0.4) is 0 Å². The Labute approximate surface area is 195 Å². The first-order chi connectivity index (χ1) is 14.2. The molecule has 9 heteroatoms. The number of ether oxygens (including phenoxy) is 1. The molecule has 1 aliphatic rings. The summed E-state index contributed by atoms with van der Waals surface area (Å²) >= 11 is 0. The van der Waals surface area contributed by atoms with Crippen molar-refractivity contribution in [2.24, 2.45) is 10.9 Å². The summed E-state index contributed by atoms with van der Waals surface area (Å²) in [6.45, 7) is 6.39. The van der Waals surface area contributed by atoms with E-state index in [0.717, 1.165) is 49.9 Å². The van der Waals surface area contributed by atoms with Crippen LogP contribution in [-0.4, -0.2) is 59.9 Å². The van der Waals surface area contributed by atoms with Crippen LogP contribution in [0.25, 0.3) is 0 Å². The number of benzene rings is 1. The average Bonchev–Trinajstić information content (AvgIpc) is 3.38. The first-order valence-electron chi connectivity index (χ1n) is 10.1. The van der Waals surface area contributed by atoms with Crippen molar-refractivity contribution < 1.29 is 9.53 Å². The summed E-state index contributed by atoms with van der Waals surface area (Å²) in [6, 6.07) is 9.60. The number of rotatable bonds is 8. The van der Waals surface area contributed by atoms with Crippen LogP contribution in [0.4, 0.5) is 5.69 Å². The van der Waals surface area contributed by atoms with Gasteiger partial charge in [-0.05, 0) is 37.1 Å². The van der Waals surface area contributed by atoms with Gasteiger partial charge in [0.2, 0.25) is 5.91 Å². The number of carbonyl (C=O) groups excluding carboxylic acids is 1. The Morgan fingerprint density at radius 3 is 2.97 bits per heavy atom. The van der Waals surface area contributed by atoms with Gasteiger partial charge in [0.1, 0.15) is 6.54 Å². The quantitative estimate of drug-likeness (QED) is 0.314. The van der Waals surface area contributed by atoms with E-state index < -0.39 is 0 Å². The van der Waals surface area contributed by atoms with E-state index >= 15 is 0 Å². The molecule has 2 heterocycles. The first-order valence-corrected chi connectivity index (χ1v) is 10.1. The Morgan fingerprint density at radius 2 is 2.23 bits per heavy atom. The highest BCUT2D eigenvalue weighted by Crippen LogP contribution is 2.17. The van der Waals surface area contributed by atoms with Gasteiger partial charge in [-0.15, -0.1) is 24.0 Å². The molecule has 1 amide bonds. The Balaban J connectivity index is 0.00000320. The molecule has 2 N–H and O–H groups in total. The minimum atomic E-state index is -0.107. The first kappa shape index (κ1) is 24.1. The van der Waals surface area contributed by atoms with Crippen LogP contribution in [0.15, 0.2) is 47.7 Å². The van der Waals surface area contributed by atoms with Gasteiger partial charge in [-0.25, -0.2) is 4.99 Å². The third-order valence-corrected chi connectivity index (χ3v) is 4.81. The maximum Gasteiger partial charge on any atom is 0.246 e. The largest absolute Gasteiger partial charge is 0.384 e. The number of methoxy groups -OCH3 is 1. The molecule has 1 atom stereocenters. The van der Waals surface area contributed by atoms with Gasteiger partial charge in [0.15, 0.2) is 5.96 Å². The topological polar surface area (TPSA) is 83.8 Å². The van der Waals surface area contributed by atoms with Crippen molar-refractivity contribution in [3.63, 3.8) is 0 Å². The number of halogens is 1. The fourth-order valence-electron chi connectivity index (χ4n) is 3.48. The second-order valence-electron chi connectivity index (χ2n) is 7.18. The van der Waals surface area contributed by atoms with Gasteiger partial charge in [-0.2, -0.15) is 5.10 Å². The van der Waals surface area contributed by atoms with Crippen LogP contribution in [0.5, 0.6) is 0 Å². The van der Waals surface area contributed by atoms with Crippen molar-refractivity contribution in [2.45, 2.75) is 26.4 Å². The number of guanidine groups is 1. The molecule has 0 saturated carbocycles. The molecule has 1 saturated heterocycles. The molecule has 8 nitrogen and oxygen atoms in total. The zero-order valence-electron chi connectivity index (χ0n) is 17.6. The third kappa shape index (κ3) is 7.28. The van der Waals surface area contributed by atoms with Gasteiger partial charge in [-0.1, -0.05) is 12.1 Å². The van der Waals surface area contributed by atoms with Crippen LogP contribution in [-0.2, 0) is 22.6 Å². The lowest BCUT2D eigenvalue weighted by atomic mass is 10.1. The number of nitrogens with zero attached hydrogens (tertiary/aromatic N) is 4. The molecule has 3 rings (SSSR count). The molecule has 1 aliphatic heterocycles. The fraction of sp³-hybridized carbons (Fsp3) is 0.476. The van der Waals surface area contributed by atoms with E-state index in [-0.39, 0.29) is 36.4 Å². The number of hydrogen-bond donors (Lipinski definition) is 2. The van der Waals surface area contributed by atoms with Crippen LogP contribution in [0.1, 0.15) is 18.9 Å². The summed E-state index contributed by atoms with van der Waals surface area (Å²) in [5.74, 6) is 1.38. The second kappa shape index (κ2) is 12.5. The minimum Gasteiger partial charge on any atom is -0.384 e. The lowest BCUT2D eigenvalue weighted by molar-refractivity contribution is -0.116. The normalized spacial score (nSPS) is 16.3. The molecule has 1 unspecified atom stereocenters. The SMILES string of the molecule is CCNC(=NCc1cccc(NC(=O)Cn2cccn2)c1)N1CCC(COC)C1.I. The highest BCUT2D eigenvalue weighted by molar-refractivity contribution is 14.0. The number of carbonyl (C=O) groups is 1. The summed E-state index contributed by atoms with van der Waals surface area (Å²) in [5.41, 5.74) is 1.81. The summed E-state index contributed by atoms with van der Waals surface area (Å²) in [4.78, 5) is 19.3.